The molecule has 4 aromatic rings. The van der Waals surface area contributed by atoms with Crippen LogP contribution >= 0.6 is 34.7 Å². The fourth-order valence-corrected chi connectivity index (χ4v) is 4.71. The maximum Gasteiger partial charge on any atom is 0.316 e. The Morgan fingerprint density at radius 2 is 2.00 bits per heavy atom. The molecule has 0 amide bonds. The molecule has 0 N–H and O–H groups in total. The van der Waals surface area contributed by atoms with Crippen LogP contribution in [0.1, 0.15) is 24.5 Å². The maximum absolute atomic E-state index is 12.3. The second kappa shape index (κ2) is 9.80. The topological polar surface area (TPSA) is 104 Å². The summed E-state index contributed by atoms with van der Waals surface area (Å²) in [6.07, 6.45) is 0.719. The van der Waals surface area contributed by atoms with Crippen LogP contribution in [0.4, 0.5) is 0 Å². The highest BCUT2D eigenvalue weighted by Crippen LogP contribution is 2.25. The van der Waals surface area contributed by atoms with Crippen LogP contribution in [0.2, 0.25) is 5.02 Å². The molecule has 12 heteroatoms. The SMILES string of the molecule is CCc1nn2c(=O)cc(COC(=O)CSc3nnc(-c4ccc(Cl)cc4)n3CC)nc2s1. The van der Waals surface area contributed by atoms with Gasteiger partial charge in [0, 0.05) is 23.2 Å². The number of aromatic nitrogens is 6. The number of carbonyl (C=O) groups excluding carboxylic acids is 1. The molecule has 0 saturated carbocycles. The van der Waals surface area contributed by atoms with Crippen LogP contribution in [-0.4, -0.2) is 41.1 Å². The Morgan fingerprint density at radius 1 is 1.22 bits per heavy atom. The third-order valence-electron chi connectivity index (χ3n) is 4.48. The van der Waals surface area contributed by atoms with Crippen LogP contribution in [0.5, 0.6) is 0 Å². The molecule has 3 heterocycles. The molecule has 0 atom stereocenters. The standard InChI is InChI=1S/C20H19ClN6O3S2/c1-3-15-25-27-16(28)9-14(22-19(27)32-15)10-30-17(29)11-31-20-24-23-18(26(20)4-2)12-5-7-13(21)8-6-12/h5-9H,3-4,10-11H2,1-2H3. The molecule has 0 aliphatic heterocycles. The van der Waals surface area contributed by atoms with Crippen molar-refractivity contribution in [2.75, 3.05) is 5.75 Å². The van der Waals surface area contributed by atoms with Gasteiger partial charge in [-0.05, 0) is 37.6 Å². The summed E-state index contributed by atoms with van der Waals surface area (Å²) in [4.78, 5) is 29.3. The van der Waals surface area contributed by atoms with Gasteiger partial charge < -0.3 is 9.30 Å². The van der Waals surface area contributed by atoms with Crippen molar-refractivity contribution in [1.82, 2.24) is 29.4 Å². The predicted molar refractivity (Wildman–Crippen MR) is 123 cm³/mol. The van der Waals surface area contributed by atoms with Crippen LogP contribution in [0, 0.1) is 0 Å². The number of benzene rings is 1. The highest BCUT2D eigenvalue weighted by atomic mass is 35.5. The number of carbonyl (C=O) groups is 1. The van der Waals surface area contributed by atoms with E-state index in [0.29, 0.717) is 33.2 Å². The van der Waals surface area contributed by atoms with Crippen LogP contribution < -0.4 is 5.56 Å². The Labute approximate surface area is 196 Å². The molecule has 3 aromatic heterocycles. The highest BCUT2D eigenvalue weighted by Gasteiger charge is 2.16. The fourth-order valence-electron chi connectivity index (χ4n) is 2.93. The third kappa shape index (κ3) is 4.84. The summed E-state index contributed by atoms with van der Waals surface area (Å²) in [5, 5.41) is 14.7. The van der Waals surface area contributed by atoms with Crippen molar-refractivity contribution in [3.05, 3.63) is 56.4 Å². The molecule has 0 bridgehead atoms. The predicted octanol–water partition coefficient (Wildman–Crippen LogP) is 3.48. The van der Waals surface area contributed by atoms with Gasteiger partial charge in [-0.1, -0.05) is 41.6 Å². The molecule has 4 rings (SSSR count). The molecule has 0 aliphatic carbocycles. The zero-order valence-electron chi connectivity index (χ0n) is 17.3. The fraction of sp³-hybridized carbons (Fsp3) is 0.300. The molecule has 166 valence electrons. The molecule has 0 saturated heterocycles. The zero-order chi connectivity index (χ0) is 22.7. The lowest BCUT2D eigenvalue weighted by molar-refractivity contribution is -0.141. The summed E-state index contributed by atoms with van der Waals surface area (Å²) in [6, 6.07) is 8.67. The van der Waals surface area contributed by atoms with Crippen LogP contribution in [0.25, 0.3) is 16.3 Å². The van der Waals surface area contributed by atoms with Crippen molar-refractivity contribution in [2.24, 2.45) is 0 Å². The number of nitrogens with zero attached hydrogens (tertiary/aromatic N) is 6. The Hall–Kier alpha value is -2.76. The van der Waals surface area contributed by atoms with E-state index in [0.717, 1.165) is 17.0 Å². The van der Waals surface area contributed by atoms with E-state index >= 15 is 0 Å². The summed E-state index contributed by atoms with van der Waals surface area (Å²) in [5.41, 5.74) is 0.985. The second-order valence-electron chi connectivity index (χ2n) is 6.64. The largest absolute Gasteiger partial charge is 0.459 e. The highest BCUT2D eigenvalue weighted by molar-refractivity contribution is 7.99. The van der Waals surface area contributed by atoms with Crippen molar-refractivity contribution < 1.29 is 9.53 Å². The van der Waals surface area contributed by atoms with E-state index in [1.54, 1.807) is 12.1 Å². The van der Waals surface area contributed by atoms with E-state index in [1.165, 1.54) is 33.7 Å². The number of ether oxygens (including phenoxy) is 1. The molecule has 32 heavy (non-hydrogen) atoms. The van der Waals surface area contributed by atoms with Crippen molar-refractivity contribution in [1.29, 1.82) is 0 Å². The summed E-state index contributed by atoms with van der Waals surface area (Å²) < 4.78 is 8.49. The third-order valence-corrected chi connectivity index (χ3v) is 6.72. The van der Waals surface area contributed by atoms with E-state index < -0.39 is 5.97 Å². The quantitative estimate of drug-likeness (QED) is 0.273. The monoisotopic (exact) mass is 490 g/mol. The van der Waals surface area contributed by atoms with Crippen molar-refractivity contribution in [3.63, 3.8) is 0 Å². The van der Waals surface area contributed by atoms with E-state index in [2.05, 4.69) is 20.3 Å². The number of hydrogen-bond acceptors (Lipinski definition) is 9. The van der Waals surface area contributed by atoms with Gasteiger partial charge in [-0.2, -0.15) is 9.61 Å². The number of esters is 1. The van der Waals surface area contributed by atoms with Gasteiger partial charge in [0.2, 0.25) is 4.96 Å². The van der Waals surface area contributed by atoms with E-state index in [1.807, 2.05) is 30.5 Å². The lowest BCUT2D eigenvalue weighted by atomic mass is 10.2. The molecule has 0 aliphatic rings. The first-order valence-electron chi connectivity index (χ1n) is 9.84. The first-order valence-corrected chi connectivity index (χ1v) is 12.0. The molecular formula is C20H19ClN6O3S2. The van der Waals surface area contributed by atoms with Gasteiger partial charge >= 0.3 is 5.97 Å². The number of halogens is 1. The molecule has 0 unspecified atom stereocenters. The Morgan fingerprint density at radius 3 is 2.72 bits per heavy atom. The molecule has 0 radical (unpaired) electrons. The first-order chi connectivity index (χ1) is 15.5. The molecule has 9 nitrogen and oxygen atoms in total. The summed E-state index contributed by atoms with van der Waals surface area (Å²) in [6.45, 7) is 4.50. The van der Waals surface area contributed by atoms with Gasteiger partial charge in [0.25, 0.3) is 5.56 Å². The first kappa shape index (κ1) is 22.4. The lowest BCUT2D eigenvalue weighted by Gasteiger charge is -2.07. The van der Waals surface area contributed by atoms with E-state index in [4.69, 9.17) is 16.3 Å². The molecule has 0 fully saturated rings. The number of hydrogen-bond donors (Lipinski definition) is 0. The van der Waals surface area contributed by atoms with E-state index in [-0.39, 0.29) is 17.9 Å². The Balaban J connectivity index is 1.39. The smallest absolute Gasteiger partial charge is 0.316 e. The minimum absolute atomic E-state index is 0.0561. The molecular weight excluding hydrogens is 472 g/mol. The average Bonchev–Trinajstić information content (AvgIpc) is 3.40. The van der Waals surface area contributed by atoms with Crippen molar-refractivity contribution in [3.8, 4) is 11.4 Å². The van der Waals surface area contributed by atoms with Gasteiger partial charge in [-0.3, -0.25) is 9.59 Å². The zero-order valence-corrected chi connectivity index (χ0v) is 19.7. The summed E-state index contributed by atoms with van der Waals surface area (Å²) in [5.74, 6) is 0.323. The molecule has 1 aromatic carbocycles. The Bertz CT molecular complexity index is 1320. The number of thioether (sulfide) groups is 1. The summed E-state index contributed by atoms with van der Waals surface area (Å²) in [7, 11) is 0. The lowest BCUT2D eigenvalue weighted by Crippen LogP contribution is -2.17. The molecule has 0 spiro atoms. The van der Waals surface area contributed by atoms with Crippen molar-refractivity contribution in [2.45, 2.75) is 38.6 Å². The van der Waals surface area contributed by atoms with Crippen LogP contribution in [-0.2, 0) is 29.1 Å². The average molecular weight is 491 g/mol. The van der Waals surface area contributed by atoms with Crippen LogP contribution in [0.3, 0.4) is 0 Å². The van der Waals surface area contributed by atoms with Crippen LogP contribution in [0.15, 0.2) is 40.3 Å². The Kier molecular flexibility index (Phi) is 6.87. The minimum atomic E-state index is -0.436. The second-order valence-corrected chi connectivity index (χ2v) is 9.06. The number of rotatable bonds is 8. The number of aryl methyl sites for hydroxylation is 1. The van der Waals surface area contributed by atoms with Gasteiger partial charge in [0.05, 0.1) is 11.4 Å². The van der Waals surface area contributed by atoms with Gasteiger partial charge in [-0.25, -0.2) is 4.98 Å². The maximum atomic E-state index is 12.3. The minimum Gasteiger partial charge on any atom is -0.459 e. The normalized spacial score (nSPS) is 11.2. The van der Waals surface area contributed by atoms with Gasteiger partial charge in [0.15, 0.2) is 11.0 Å². The van der Waals surface area contributed by atoms with E-state index in [9.17, 15) is 9.59 Å². The van der Waals surface area contributed by atoms with Crippen molar-refractivity contribution >= 4 is 45.6 Å². The summed E-state index contributed by atoms with van der Waals surface area (Å²) >= 11 is 8.54. The van der Waals surface area contributed by atoms with Gasteiger partial charge in [-0.15, -0.1) is 10.2 Å². The van der Waals surface area contributed by atoms with Gasteiger partial charge in [0.1, 0.15) is 11.6 Å². The number of fused-ring (bicyclic) bond motifs is 1.